The van der Waals surface area contributed by atoms with Crippen LogP contribution in [0.1, 0.15) is 33.1 Å². The zero-order valence-electron chi connectivity index (χ0n) is 9.32. The number of rotatable bonds is 2. The molecule has 1 unspecified atom stereocenters. The van der Waals surface area contributed by atoms with Crippen LogP contribution in [0.2, 0.25) is 0 Å². The Balaban J connectivity index is 2.14. The minimum atomic E-state index is -0.319. The summed E-state index contributed by atoms with van der Waals surface area (Å²) >= 11 is 0. The topological polar surface area (TPSA) is 49.4 Å². The van der Waals surface area contributed by atoms with Crippen molar-refractivity contribution in [3.63, 3.8) is 0 Å². The molecule has 1 saturated heterocycles. The van der Waals surface area contributed by atoms with Gasteiger partial charge in [0, 0.05) is 19.0 Å². The molecule has 1 atom stereocenters. The fourth-order valence-electron chi connectivity index (χ4n) is 2.02. The first-order valence-corrected chi connectivity index (χ1v) is 5.69. The van der Waals surface area contributed by atoms with Crippen molar-refractivity contribution in [2.45, 2.75) is 45.2 Å². The summed E-state index contributed by atoms with van der Waals surface area (Å²) in [6.45, 7) is 4.54. The van der Waals surface area contributed by atoms with Crippen LogP contribution in [0.5, 0.6) is 0 Å². The van der Waals surface area contributed by atoms with Crippen LogP contribution in [0.25, 0.3) is 0 Å². The molecule has 1 aliphatic heterocycles. The smallest absolute Gasteiger partial charge is 0.245 e. The van der Waals surface area contributed by atoms with Crippen LogP contribution >= 0.6 is 0 Å². The van der Waals surface area contributed by atoms with Gasteiger partial charge in [-0.05, 0) is 18.8 Å². The molecular formula is C11H18N2O2. The van der Waals surface area contributed by atoms with Gasteiger partial charge in [0.1, 0.15) is 6.04 Å². The van der Waals surface area contributed by atoms with Crippen LogP contribution in [0, 0.1) is 5.92 Å². The van der Waals surface area contributed by atoms with Gasteiger partial charge in [-0.2, -0.15) is 0 Å². The number of hydrogen-bond acceptors (Lipinski definition) is 2. The van der Waals surface area contributed by atoms with E-state index < -0.39 is 0 Å². The van der Waals surface area contributed by atoms with Gasteiger partial charge in [-0.15, -0.1) is 0 Å². The highest BCUT2D eigenvalue weighted by Gasteiger charge is 2.39. The second kappa shape index (κ2) is 3.83. The molecule has 0 aromatic heterocycles. The van der Waals surface area contributed by atoms with Crippen molar-refractivity contribution in [2.75, 3.05) is 6.54 Å². The van der Waals surface area contributed by atoms with Gasteiger partial charge in [0.25, 0.3) is 0 Å². The van der Waals surface area contributed by atoms with E-state index in [1.807, 2.05) is 18.7 Å². The van der Waals surface area contributed by atoms with Gasteiger partial charge in [0.05, 0.1) is 0 Å². The lowest BCUT2D eigenvalue weighted by Crippen LogP contribution is -2.48. The van der Waals surface area contributed by atoms with E-state index in [1.165, 1.54) is 0 Å². The Morgan fingerprint density at radius 2 is 2.00 bits per heavy atom. The molecule has 0 bridgehead atoms. The van der Waals surface area contributed by atoms with Crippen LogP contribution < -0.4 is 5.32 Å². The van der Waals surface area contributed by atoms with E-state index in [4.69, 9.17) is 0 Å². The maximum absolute atomic E-state index is 12.1. The van der Waals surface area contributed by atoms with Crippen molar-refractivity contribution in [1.29, 1.82) is 0 Å². The highest BCUT2D eigenvalue weighted by Crippen LogP contribution is 2.29. The van der Waals surface area contributed by atoms with Crippen molar-refractivity contribution >= 4 is 11.8 Å². The summed E-state index contributed by atoms with van der Waals surface area (Å²) in [7, 11) is 0. The van der Waals surface area contributed by atoms with Crippen LogP contribution in [-0.2, 0) is 9.59 Å². The Bertz CT molecular complexity index is 284. The average Bonchev–Trinajstić information content (AvgIpc) is 2.96. The molecular weight excluding hydrogens is 192 g/mol. The van der Waals surface area contributed by atoms with Crippen molar-refractivity contribution in [1.82, 2.24) is 10.2 Å². The lowest BCUT2D eigenvalue weighted by molar-refractivity contribution is -0.135. The fraction of sp³-hybridized carbons (Fsp3) is 0.818. The first kappa shape index (κ1) is 10.5. The molecule has 1 heterocycles. The standard InChI is InChI=1S/C11H18N2O2/c1-7(2)10-11(15)13(8-3-4-8)6-5-9(14)12-10/h7-8,10H,3-6H2,1-2H3,(H,12,14). The molecule has 84 valence electrons. The second-order valence-corrected chi connectivity index (χ2v) is 4.80. The minimum Gasteiger partial charge on any atom is -0.344 e. The van der Waals surface area contributed by atoms with Gasteiger partial charge in [-0.3, -0.25) is 9.59 Å². The number of carbonyl (C=O) groups is 2. The van der Waals surface area contributed by atoms with Gasteiger partial charge >= 0.3 is 0 Å². The van der Waals surface area contributed by atoms with E-state index in [9.17, 15) is 9.59 Å². The Morgan fingerprint density at radius 1 is 1.33 bits per heavy atom. The molecule has 1 aliphatic carbocycles. The van der Waals surface area contributed by atoms with Crippen LogP contribution in [0.4, 0.5) is 0 Å². The SMILES string of the molecule is CC(C)C1NC(=O)CCN(C2CC2)C1=O. The Labute approximate surface area is 90.0 Å². The number of nitrogens with zero attached hydrogens (tertiary/aromatic N) is 1. The molecule has 1 saturated carbocycles. The molecule has 2 amide bonds. The van der Waals surface area contributed by atoms with Crippen LogP contribution in [0.15, 0.2) is 0 Å². The van der Waals surface area contributed by atoms with Crippen LogP contribution in [-0.4, -0.2) is 35.3 Å². The summed E-state index contributed by atoms with van der Waals surface area (Å²) in [6.07, 6.45) is 2.65. The first-order valence-electron chi connectivity index (χ1n) is 5.69. The van der Waals surface area contributed by atoms with Crippen LogP contribution in [0.3, 0.4) is 0 Å². The predicted molar refractivity (Wildman–Crippen MR) is 56.1 cm³/mol. The molecule has 2 fully saturated rings. The molecule has 4 nitrogen and oxygen atoms in total. The summed E-state index contributed by atoms with van der Waals surface area (Å²) in [5, 5.41) is 2.81. The molecule has 0 aromatic rings. The Morgan fingerprint density at radius 3 is 2.53 bits per heavy atom. The van der Waals surface area contributed by atoms with Crippen molar-refractivity contribution in [3.8, 4) is 0 Å². The molecule has 4 heteroatoms. The normalized spacial score (nSPS) is 27.9. The third kappa shape index (κ3) is 2.13. The highest BCUT2D eigenvalue weighted by molar-refractivity contribution is 5.90. The van der Waals surface area contributed by atoms with E-state index in [1.54, 1.807) is 0 Å². The molecule has 0 radical (unpaired) electrons. The average molecular weight is 210 g/mol. The Hall–Kier alpha value is -1.06. The van der Waals surface area contributed by atoms with Gasteiger partial charge in [-0.1, -0.05) is 13.8 Å². The van der Waals surface area contributed by atoms with E-state index in [-0.39, 0.29) is 23.8 Å². The fourth-order valence-corrected chi connectivity index (χ4v) is 2.02. The zero-order valence-corrected chi connectivity index (χ0v) is 9.32. The third-order valence-corrected chi connectivity index (χ3v) is 3.10. The molecule has 1 N–H and O–H groups in total. The second-order valence-electron chi connectivity index (χ2n) is 4.80. The van der Waals surface area contributed by atoms with Gasteiger partial charge in [0.2, 0.25) is 11.8 Å². The maximum atomic E-state index is 12.1. The van der Waals surface area contributed by atoms with E-state index in [0.717, 1.165) is 12.8 Å². The number of carbonyl (C=O) groups excluding carboxylic acids is 2. The largest absolute Gasteiger partial charge is 0.344 e. The number of hydrogen-bond donors (Lipinski definition) is 1. The monoisotopic (exact) mass is 210 g/mol. The number of nitrogens with one attached hydrogen (secondary N) is 1. The minimum absolute atomic E-state index is 0.00481. The van der Waals surface area contributed by atoms with Gasteiger partial charge in [0.15, 0.2) is 0 Å². The Kier molecular flexibility index (Phi) is 2.67. The molecule has 15 heavy (non-hydrogen) atoms. The predicted octanol–water partition coefficient (Wildman–Crippen LogP) is 0.522. The summed E-state index contributed by atoms with van der Waals surface area (Å²) in [5.41, 5.74) is 0. The van der Waals surface area contributed by atoms with Gasteiger partial charge < -0.3 is 10.2 Å². The highest BCUT2D eigenvalue weighted by atomic mass is 16.2. The van der Waals surface area contributed by atoms with E-state index >= 15 is 0 Å². The third-order valence-electron chi connectivity index (χ3n) is 3.10. The van der Waals surface area contributed by atoms with Crippen molar-refractivity contribution < 1.29 is 9.59 Å². The molecule has 2 aliphatic rings. The first-order chi connectivity index (χ1) is 7.09. The summed E-state index contributed by atoms with van der Waals surface area (Å²) < 4.78 is 0. The van der Waals surface area contributed by atoms with Crippen molar-refractivity contribution in [3.05, 3.63) is 0 Å². The maximum Gasteiger partial charge on any atom is 0.245 e. The number of amides is 2. The molecule has 0 aromatic carbocycles. The lowest BCUT2D eigenvalue weighted by atomic mass is 10.0. The quantitative estimate of drug-likeness (QED) is 0.722. The summed E-state index contributed by atoms with van der Waals surface area (Å²) in [4.78, 5) is 25.5. The summed E-state index contributed by atoms with van der Waals surface area (Å²) in [5.74, 6) is 0.282. The van der Waals surface area contributed by atoms with Crippen molar-refractivity contribution in [2.24, 2.45) is 5.92 Å². The van der Waals surface area contributed by atoms with E-state index in [2.05, 4.69) is 5.32 Å². The van der Waals surface area contributed by atoms with E-state index in [0.29, 0.717) is 19.0 Å². The lowest BCUT2D eigenvalue weighted by Gasteiger charge is -2.25. The zero-order chi connectivity index (χ0) is 11.0. The molecule has 0 spiro atoms. The van der Waals surface area contributed by atoms with Gasteiger partial charge in [-0.25, -0.2) is 0 Å². The molecule has 2 rings (SSSR count). The summed E-state index contributed by atoms with van der Waals surface area (Å²) in [6, 6.07) is 0.0899.